The summed E-state index contributed by atoms with van der Waals surface area (Å²) in [5.74, 6) is -0.465. The van der Waals surface area contributed by atoms with Crippen LogP contribution in [0.15, 0.2) is 0 Å². The van der Waals surface area contributed by atoms with E-state index < -0.39 is 11.9 Å². The van der Waals surface area contributed by atoms with Gasteiger partial charge in [0.2, 0.25) is 0 Å². The van der Waals surface area contributed by atoms with Crippen LogP contribution in [0.2, 0.25) is 0 Å². The molecule has 2 N–H and O–H groups in total. The number of carboxylic acids is 1. The predicted octanol–water partition coefficient (Wildman–Crippen LogP) is 2.50. The zero-order chi connectivity index (χ0) is 18.3. The fourth-order valence-electron chi connectivity index (χ4n) is 3.66. The number of amides is 2. The molecule has 1 saturated heterocycles. The van der Waals surface area contributed by atoms with Crippen LogP contribution in [0, 0.1) is 17.8 Å². The van der Waals surface area contributed by atoms with E-state index in [9.17, 15) is 14.7 Å². The van der Waals surface area contributed by atoms with Gasteiger partial charge in [-0.15, -0.1) is 0 Å². The minimum Gasteiger partial charge on any atom is -0.481 e. The largest absolute Gasteiger partial charge is 0.481 e. The number of likely N-dealkylation sites (tertiary alicyclic amines) is 1. The van der Waals surface area contributed by atoms with Gasteiger partial charge in [-0.05, 0) is 37.8 Å². The molecule has 6 heteroatoms. The number of nitrogens with one attached hydrogen (secondary N) is 1. The molecule has 140 valence electrons. The highest BCUT2D eigenvalue weighted by Gasteiger charge is 2.32. The Bertz CT molecular complexity index is 410. The first kappa shape index (κ1) is 20.7. The molecule has 0 aromatic rings. The molecule has 3 unspecified atom stereocenters. The van der Waals surface area contributed by atoms with E-state index in [-0.39, 0.29) is 11.9 Å². The lowest BCUT2D eigenvalue weighted by Gasteiger charge is -2.36. The molecular formula is C18H35N3O3. The van der Waals surface area contributed by atoms with Crippen LogP contribution in [0.3, 0.4) is 0 Å². The Balaban J connectivity index is 2.62. The van der Waals surface area contributed by atoms with E-state index >= 15 is 0 Å². The summed E-state index contributed by atoms with van der Waals surface area (Å²) in [5, 5.41) is 12.3. The molecule has 6 nitrogen and oxygen atoms in total. The first-order valence-corrected chi connectivity index (χ1v) is 9.27. The van der Waals surface area contributed by atoms with Gasteiger partial charge in [-0.2, -0.15) is 0 Å². The molecule has 3 atom stereocenters. The average Bonchev–Trinajstić information content (AvgIpc) is 2.52. The topological polar surface area (TPSA) is 72.9 Å². The van der Waals surface area contributed by atoms with Crippen LogP contribution in [0.5, 0.6) is 0 Å². The fourth-order valence-corrected chi connectivity index (χ4v) is 3.66. The van der Waals surface area contributed by atoms with Crippen molar-refractivity contribution in [1.29, 1.82) is 0 Å². The summed E-state index contributed by atoms with van der Waals surface area (Å²) in [6.45, 7) is 14.2. The molecule has 1 heterocycles. The molecule has 1 aliphatic heterocycles. The SMILES string of the molecule is CCN(CC)C(CNC(=O)N1CC(C)CC(C(=O)O)C1)CC(C)C. The number of carbonyl (C=O) groups is 2. The lowest BCUT2D eigenvalue weighted by molar-refractivity contribution is -0.143. The van der Waals surface area contributed by atoms with Crippen molar-refractivity contribution in [2.45, 2.75) is 53.5 Å². The van der Waals surface area contributed by atoms with E-state index in [1.807, 2.05) is 6.92 Å². The van der Waals surface area contributed by atoms with Gasteiger partial charge in [0, 0.05) is 25.7 Å². The Morgan fingerprint density at radius 3 is 2.38 bits per heavy atom. The Labute approximate surface area is 146 Å². The molecule has 0 aliphatic carbocycles. The van der Waals surface area contributed by atoms with Gasteiger partial charge in [-0.3, -0.25) is 9.69 Å². The Morgan fingerprint density at radius 2 is 1.88 bits per heavy atom. The van der Waals surface area contributed by atoms with Gasteiger partial charge in [0.1, 0.15) is 0 Å². The van der Waals surface area contributed by atoms with Crippen LogP contribution in [0.1, 0.15) is 47.5 Å². The van der Waals surface area contributed by atoms with Crippen molar-refractivity contribution < 1.29 is 14.7 Å². The summed E-state index contributed by atoms with van der Waals surface area (Å²) in [5.41, 5.74) is 0. The molecule has 2 amide bonds. The molecular weight excluding hydrogens is 306 g/mol. The Kier molecular flexibility index (Phi) is 8.53. The van der Waals surface area contributed by atoms with Crippen molar-refractivity contribution in [2.24, 2.45) is 17.8 Å². The van der Waals surface area contributed by atoms with E-state index in [0.29, 0.717) is 38.0 Å². The monoisotopic (exact) mass is 341 g/mol. The summed E-state index contributed by atoms with van der Waals surface area (Å²) < 4.78 is 0. The van der Waals surface area contributed by atoms with Crippen LogP contribution in [0.4, 0.5) is 4.79 Å². The highest BCUT2D eigenvalue weighted by molar-refractivity contribution is 5.76. The number of aliphatic carboxylic acids is 1. The molecule has 0 aromatic carbocycles. The van der Waals surface area contributed by atoms with Gasteiger partial charge in [0.05, 0.1) is 5.92 Å². The van der Waals surface area contributed by atoms with E-state index in [1.165, 1.54) is 0 Å². The molecule has 0 spiro atoms. The predicted molar refractivity (Wildman–Crippen MR) is 96.0 cm³/mol. The average molecular weight is 341 g/mol. The molecule has 0 radical (unpaired) electrons. The van der Waals surface area contributed by atoms with Crippen molar-refractivity contribution in [2.75, 3.05) is 32.7 Å². The second-order valence-electron chi connectivity index (χ2n) is 7.47. The van der Waals surface area contributed by atoms with Gasteiger partial charge >= 0.3 is 12.0 Å². The molecule has 0 bridgehead atoms. The zero-order valence-electron chi connectivity index (χ0n) is 15.9. The van der Waals surface area contributed by atoms with Gasteiger partial charge in [0.25, 0.3) is 0 Å². The fraction of sp³-hybridized carbons (Fsp3) is 0.889. The molecule has 1 aliphatic rings. The maximum Gasteiger partial charge on any atom is 0.317 e. The van der Waals surface area contributed by atoms with Crippen LogP contribution in [0.25, 0.3) is 0 Å². The second-order valence-corrected chi connectivity index (χ2v) is 7.47. The summed E-state index contributed by atoms with van der Waals surface area (Å²) in [7, 11) is 0. The molecule has 0 saturated carbocycles. The van der Waals surface area contributed by atoms with Crippen LogP contribution < -0.4 is 5.32 Å². The number of likely N-dealkylation sites (N-methyl/N-ethyl adjacent to an activating group) is 1. The minimum absolute atomic E-state index is 0.131. The van der Waals surface area contributed by atoms with Gasteiger partial charge < -0.3 is 15.3 Å². The van der Waals surface area contributed by atoms with Crippen molar-refractivity contribution in [3.05, 3.63) is 0 Å². The van der Waals surface area contributed by atoms with Crippen molar-refractivity contribution in [3.63, 3.8) is 0 Å². The Morgan fingerprint density at radius 1 is 1.25 bits per heavy atom. The van der Waals surface area contributed by atoms with Crippen LogP contribution in [-0.2, 0) is 4.79 Å². The number of piperidine rings is 1. The van der Waals surface area contributed by atoms with Gasteiger partial charge in [-0.1, -0.05) is 34.6 Å². The number of rotatable bonds is 8. The third-order valence-electron chi connectivity index (χ3n) is 4.86. The molecule has 0 aromatic heterocycles. The number of hydrogen-bond donors (Lipinski definition) is 2. The van der Waals surface area contributed by atoms with Crippen molar-refractivity contribution in [3.8, 4) is 0 Å². The third-order valence-corrected chi connectivity index (χ3v) is 4.86. The lowest BCUT2D eigenvalue weighted by Crippen LogP contribution is -2.52. The summed E-state index contributed by atoms with van der Waals surface area (Å²) in [4.78, 5) is 27.8. The minimum atomic E-state index is -0.805. The van der Waals surface area contributed by atoms with Gasteiger partial charge in [0.15, 0.2) is 0 Å². The number of carbonyl (C=O) groups excluding carboxylic acids is 1. The summed E-state index contributed by atoms with van der Waals surface area (Å²) in [6.07, 6.45) is 1.69. The quantitative estimate of drug-likeness (QED) is 0.711. The number of urea groups is 1. The van der Waals surface area contributed by atoms with Crippen LogP contribution >= 0.6 is 0 Å². The highest BCUT2D eigenvalue weighted by atomic mass is 16.4. The van der Waals surface area contributed by atoms with E-state index in [0.717, 1.165) is 19.5 Å². The first-order chi connectivity index (χ1) is 11.3. The molecule has 1 rings (SSSR count). The maximum atomic E-state index is 12.5. The van der Waals surface area contributed by atoms with E-state index in [2.05, 4.69) is 37.9 Å². The van der Waals surface area contributed by atoms with Gasteiger partial charge in [-0.25, -0.2) is 4.79 Å². The summed E-state index contributed by atoms with van der Waals surface area (Å²) in [6, 6.07) is 0.190. The highest BCUT2D eigenvalue weighted by Crippen LogP contribution is 2.21. The first-order valence-electron chi connectivity index (χ1n) is 9.27. The maximum absolute atomic E-state index is 12.5. The number of nitrogens with zero attached hydrogens (tertiary/aromatic N) is 2. The zero-order valence-corrected chi connectivity index (χ0v) is 15.9. The van der Waals surface area contributed by atoms with E-state index in [4.69, 9.17) is 0 Å². The standard InChI is InChI=1S/C18H35N3O3/c1-6-20(7-2)16(8-13(3)4)10-19-18(24)21-11-14(5)9-15(12-21)17(22)23/h13-16H,6-12H2,1-5H3,(H,19,24)(H,22,23). The number of carboxylic acid groups (broad SMARTS) is 1. The third kappa shape index (κ3) is 6.30. The van der Waals surface area contributed by atoms with Crippen molar-refractivity contribution in [1.82, 2.24) is 15.1 Å². The lowest BCUT2D eigenvalue weighted by atomic mass is 9.91. The number of hydrogen-bond acceptors (Lipinski definition) is 3. The normalized spacial score (nSPS) is 22.7. The second kappa shape index (κ2) is 9.87. The Hall–Kier alpha value is -1.30. The van der Waals surface area contributed by atoms with E-state index in [1.54, 1.807) is 4.90 Å². The van der Waals surface area contributed by atoms with Crippen LogP contribution in [-0.4, -0.2) is 65.7 Å². The molecule has 1 fully saturated rings. The molecule has 24 heavy (non-hydrogen) atoms. The smallest absolute Gasteiger partial charge is 0.317 e. The van der Waals surface area contributed by atoms with Crippen molar-refractivity contribution >= 4 is 12.0 Å². The summed E-state index contributed by atoms with van der Waals surface area (Å²) >= 11 is 0.